The van der Waals surface area contributed by atoms with Crippen LogP contribution in [0.5, 0.6) is 0 Å². The highest BCUT2D eigenvalue weighted by molar-refractivity contribution is 6.00. The van der Waals surface area contributed by atoms with Gasteiger partial charge in [-0.25, -0.2) is 0 Å². The lowest BCUT2D eigenvalue weighted by Gasteiger charge is -2.30. The highest BCUT2D eigenvalue weighted by Gasteiger charge is 2.34. The largest absolute Gasteiger partial charge is 0.469 e. The summed E-state index contributed by atoms with van der Waals surface area (Å²) in [5.74, 6) is 0.0715. The summed E-state index contributed by atoms with van der Waals surface area (Å²) in [5, 5.41) is 0. The fourth-order valence-corrected chi connectivity index (χ4v) is 2.39. The molecule has 0 saturated heterocycles. The Balaban J connectivity index is 2.57. The molecule has 1 unspecified atom stereocenters. The van der Waals surface area contributed by atoms with Crippen molar-refractivity contribution in [3.8, 4) is 0 Å². The summed E-state index contributed by atoms with van der Waals surface area (Å²) >= 11 is 0. The molecule has 0 aromatic heterocycles. The van der Waals surface area contributed by atoms with Crippen molar-refractivity contribution in [1.29, 1.82) is 0 Å². The van der Waals surface area contributed by atoms with Crippen molar-refractivity contribution in [2.45, 2.75) is 52.9 Å². The number of carbonyl (C=O) groups excluding carboxylic acids is 2. The maximum absolute atomic E-state index is 12.2. The van der Waals surface area contributed by atoms with E-state index < -0.39 is 0 Å². The zero-order valence-corrected chi connectivity index (χ0v) is 12.4. The summed E-state index contributed by atoms with van der Waals surface area (Å²) in [6, 6.07) is 0. The van der Waals surface area contributed by atoms with Gasteiger partial charge in [-0.3, -0.25) is 9.59 Å². The molecule has 3 heteroatoms. The lowest BCUT2D eigenvalue weighted by atomic mass is 9.72. The molecule has 3 nitrogen and oxygen atoms in total. The van der Waals surface area contributed by atoms with E-state index in [1.54, 1.807) is 0 Å². The molecular formula is C16H24O3. The number of esters is 1. The van der Waals surface area contributed by atoms with E-state index >= 15 is 0 Å². The highest BCUT2D eigenvalue weighted by Crippen LogP contribution is 2.36. The zero-order chi connectivity index (χ0) is 14.5. The Kier molecular flexibility index (Phi) is 5.52. The number of Topliss-reactive ketones (excluding diaryl/α,β-unsaturated/α-hetero) is 1. The second-order valence-electron chi connectivity index (χ2n) is 5.65. The van der Waals surface area contributed by atoms with Gasteiger partial charge in [0.2, 0.25) is 0 Å². The molecule has 0 N–H and O–H groups in total. The van der Waals surface area contributed by atoms with Crippen LogP contribution < -0.4 is 0 Å². The van der Waals surface area contributed by atoms with Crippen molar-refractivity contribution in [3.63, 3.8) is 0 Å². The summed E-state index contributed by atoms with van der Waals surface area (Å²) in [6.07, 6.45) is 7.86. The van der Waals surface area contributed by atoms with Crippen LogP contribution in [0.2, 0.25) is 0 Å². The van der Waals surface area contributed by atoms with Gasteiger partial charge in [0.05, 0.1) is 7.11 Å². The predicted octanol–water partition coefficient (Wildman–Crippen LogP) is 3.59. The SMILES string of the molecule is COC(=O)CC/C(C)=C/CC1(C)CCC=C(C)C1=O. The van der Waals surface area contributed by atoms with Crippen LogP contribution in [0.4, 0.5) is 0 Å². The molecule has 0 aliphatic heterocycles. The minimum Gasteiger partial charge on any atom is -0.469 e. The van der Waals surface area contributed by atoms with E-state index in [4.69, 9.17) is 0 Å². The van der Waals surface area contributed by atoms with Crippen molar-refractivity contribution in [2.24, 2.45) is 5.41 Å². The average Bonchev–Trinajstić information content (AvgIpc) is 2.40. The number of carbonyl (C=O) groups is 2. The standard InChI is InChI=1S/C16H24O3/c1-12(7-8-14(17)19-4)9-11-16(3)10-5-6-13(2)15(16)18/h6,9H,5,7-8,10-11H2,1-4H3/b12-9+. The van der Waals surface area contributed by atoms with Crippen LogP contribution in [-0.2, 0) is 14.3 Å². The summed E-state index contributed by atoms with van der Waals surface area (Å²) in [4.78, 5) is 23.3. The number of ether oxygens (including phenoxy) is 1. The quantitative estimate of drug-likeness (QED) is 0.563. The first-order valence-electron chi connectivity index (χ1n) is 6.83. The van der Waals surface area contributed by atoms with Crippen LogP contribution in [0.15, 0.2) is 23.3 Å². The summed E-state index contributed by atoms with van der Waals surface area (Å²) < 4.78 is 4.62. The molecule has 0 aromatic carbocycles. The van der Waals surface area contributed by atoms with E-state index in [2.05, 4.69) is 10.8 Å². The van der Waals surface area contributed by atoms with Crippen molar-refractivity contribution in [1.82, 2.24) is 0 Å². The van der Waals surface area contributed by atoms with E-state index in [9.17, 15) is 9.59 Å². The van der Waals surface area contributed by atoms with Gasteiger partial charge in [-0.1, -0.05) is 24.6 Å². The minimum atomic E-state index is -0.272. The van der Waals surface area contributed by atoms with Gasteiger partial charge in [0.15, 0.2) is 5.78 Å². The van der Waals surface area contributed by atoms with Crippen molar-refractivity contribution >= 4 is 11.8 Å². The zero-order valence-electron chi connectivity index (χ0n) is 12.4. The Bertz CT molecular complexity index is 418. The number of ketones is 1. The second-order valence-corrected chi connectivity index (χ2v) is 5.65. The van der Waals surface area contributed by atoms with Gasteiger partial charge >= 0.3 is 5.97 Å². The van der Waals surface area contributed by atoms with E-state index in [-0.39, 0.29) is 17.2 Å². The molecule has 0 heterocycles. The number of allylic oxidation sites excluding steroid dienone is 4. The van der Waals surface area contributed by atoms with Crippen molar-refractivity contribution < 1.29 is 14.3 Å². The molecule has 0 saturated carbocycles. The van der Waals surface area contributed by atoms with Gasteiger partial charge in [-0.2, -0.15) is 0 Å². The Morgan fingerprint density at radius 3 is 2.79 bits per heavy atom. The van der Waals surface area contributed by atoms with Gasteiger partial charge in [-0.15, -0.1) is 0 Å². The Hall–Kier alpha value is -1.38. The highest BCUT2D eigenvalue weighted by atomic mass is 16.5. The summed E-state index contributed by atoms with van der Waals surface area (Å²) in [5.41, 5.74) is 1.76. The van der Waals surface area contributed by atoms with Gasteiger partial charge in [-0.05, 0) is 45.1 Å². The fourth-order valence-electron chi connectivity index (χ4n) is 2.39. The molecule has 0 aromatic rings. The normalized spacial score (nSPS) is 24.1. The van der Waals surface area contributed by atoms with E-state index in [1.807, 2.05) is 26.8 Å². The molecule has 1 rings (SSSR count). The third-order valence-electron chi connectivity index (χ3n) is 3.91. The molecular weight excluding hydrogens is 240 g/mol. The van der Waals surface area contributed by atoms with Crippen LogP contribution in [-0.4, -0.2) is 18.9 Å². The first-order chi connectivity index (χ1) is 8.89. The monoisotopic (exact) mass is 264 g/mol. The van der Waals surface area contributed by atoms with Gasteiger partial charge in [0.1, 0.15) is 0 Å². The summed E-state index contributed by atoms with van der Waals surface area (Å²) in [6.45, 7) is 5.94. The van der Waals surface area contributed by atoms with E-state index in [0.717, 1.165) is 30.4 Å². The minimum absolute atomic E-state index is 0.188. The van der Waals surface area contributed by atoms with Crippen molar-refractivity contribution in [2.75, 3.05) is 7.11 Å². The Morgan fingerprint density at radius 2 is 2.16 bits per heavy atom. The maximum atomic E-state index is 12.2. The second kappa shape index (κ2) is 6.69. The first-order valence-corrected chi connectivity index (χ1v) is 6.83. The molecule has 1 atom stereocenters. The lowest BCUT2D eigenvalue weighted by Crippen LogP contribution is -2.30. The molecule has 1 aliphatic carbocycles. The van der Waals surface area contributed by atoms with Crippen LogP contribution in [0.1, 0.15) is 52.9 Å². The van der Waals surface area contributed by atoms with Crippen LogP contribution in [0.3, 0.4) is 0 Å². The maximum Gasteiger partial charge on any atom is 0.305 e. The average molecular weight is 264 g/mol. The predicted molar refractivity (Wildman–Crippen MR) is 75.7 cm³/mol. The number of rotatable bonds is 5. The van der Waals surface area contributed by atoms with Crippen LogP contribution in [0, 0.1) is 5.41 Å². The van der Waals surface area contributed by atoms with Gasteiger partial charge < -0.3 is 4.74 Å². The van der Waals surface area contributed by atoms with Gasteiger partial charge in [0.25, 0.3) is 0 Å². The van der Waals surface area contributed by atoms with E-state index in [0.29, 0.717) is 12.8 Å². The molecule has 1 aliphatic rings. The third kappa shape index (κ3) is 4.34. The summed E-state index contributed by atoms with van der Waals surface area (Å²) in [7, 11) is 1.40. The lowest BCUT2D eigenvalue weighted by molar-refractivity contribution is -0.140. The first kappa shape index (κ1) is 15.7. The Morgan fingerprint density at radius 1 is 1.47 bits per heavy atom. The van der Waals surface area contributed by atoms with E-state index in [1.165, 1.54) is 7.11 Å². The molecule has 19 heavy (non-hydrogen) atoms. The van der Waals surface area contributed by atoms with Crippen LogP contribution in [0.25, 0.3) is 0 Å². The smallest absolute Gasteiger partial charge is 0.305 e. The number of hydrogen-bond donors (Lipinski definition) is 0. The van der Waals surface area contributed by atoms with Crippen LogP contribution >= 0.6 is 0 Å². The fraction of sp³-hybridized carbons (Fsp3) is 0.625. The molecule has 0 amide bonds. The molecule has 0 fully saturated rings. The van der Waals surface area contributed by atoms with Gasteiger partial charge in [0, 0.05) is 11.8 Å². The molecule has 0 bridgehead atoms. The number of hydrogen-bond acceptors (Lipinski definition) is 3. The third-order valence-corrected chi connectivity index (χ3v) is 3.91. The molecule has 0 spiro atoms. The Labute approximate surface area is 115 Å². The van der Waals surface area contributed by atoms with Crippen molar-refractivity contribution in [3.05, 3.63) is 23.3 Å². The number of methoxy groups -OCH3 is 1. The molecule has 106 valence electrons. The molecule has 0 radical (unpaired) electrons. The topological polar surface area (TPSA) is 43.4 Å².